The molecule has 0 aromatic heterocycles. The molecule has 0 unspecified atom stereocenters. The van der Waals surface area contributed by atoms with Gasteiger partial charge in [-0.3, -0.25) is 0 Å². The molecule has 12 heavy (non-hydrogen) atoms. The summed E-state index contributed by atoms with van der Waals surface area (Å²) < 4.78 is 0. The van der Waals surface area contributed by atoms with Crippen molar-refractivity contribution < 1.29 is 9.90 Å². The van der Waals surface area contributed by atoms with E-state index in [1.54, 1.807) is 6.92 Å². The van der Waals surface area contributed by atoms with Crippen LogP contribution in [0.4, 0.5) is 0 Å². The maximum absolute atomic E-state index is 10.6. The fraction of sp³-hybridized carbons (Fsp3) is 0.700. The van der Waals surface area contributed by atoms with E-state index < -0.39 is 5.97 Å². The molecule has 68 valence electrons. The second-order valence-corrected chi connectivity index (χ2v) is 3.95. The van der Waals surface area contributed by atoms with E-state index >= 15 is 0 Å². The van der Waals surface area contributed by atoms with E-state index in [0.29, 0.717) is 17.4 Å². The number of allylic oxidation sites excluding steroid dienone is 1. The monoisotopic (exact) mass is 168 g/mol. The predicted octanol–water partition coefficient (Wildman–Crippen LogP) is 2.45. The third-order valence-electron chi connectivity index (χ3n) is 2.81. The number of carbonyl (C=O) groups is 1. The van der Waals surface area contributed by atoms with Crippen LogP contribution in [0.15, 0.2) is 11.1 Å². The van der Waals surface area contributed by atoms with Crippen LogP contribution in [0.5, 0.6) is 0 Å². The van der Waals surface area contributed by atoms with Gasteiger partial charge in [-0.25, -0.2) is 4.79 Å². The summed E-state index contributed by atoms with van der Waals surface area (Å²) in [7, 11) is 0. The second kappa shape index (κ2) is 3.30. The van der Waals surface area contributed by atoms with Gasteiger partial charge >= 0.3 is 5.97 Å². The van der Waals surface area contributed by atoms with Crippen molar-refractivity contribution in [3.05, 3.63) is 11.1 Å². The average molecular weight is 168 g/mol. The summed E-state index contributed by atoms with van der Waals surface area (Å²) >= 11 is 0. The van der Waals surface area contributed by atoms with Crippen molar-refractivity contribution in [3.63, 3.8) is 0 Å². The number of rotatable bonds is 2. The van der Waals surface area contributed by atoms with Gasteiger partial charge in [0.2, 0.25) is 0 Å². The molecular weight excluding hydrogens is 152 g/mol. The lowest BCUT2D eigenvalue weighted by Gasteiger charge is -2.33. The lowest BCUT2D eigenvalue weighted by atomic mass is 9.72. The Hall–Kier alpha value is -0.790. The maximum Gasteiger partial charge on any atom is 0.331 e. The van der Waals surface area contributed by atoms with Crippen molar-refractivity contribution in [1.82, 2.24) is 0 Å². The fourth-order valence-electron chi connectivity index (χ4n) is 1.50. The van der Waals surface area contributed by atoms with E-state index in [2.05, 4.69) is 13.8 Å². The molecule has 2 heteroatoms. The molecule has 1 aliphatic rings. The molecule has 0 amide bonds. The van der Waals surface area contributed by atoms with Gasteiger partial charge in [0.05, 0.1) is 0 Å². The predicted molar refractivity (Wildman–Crippen MR) is 47.9 cm³/mol. The van der Waals surface area contributed by atoms with Crippen LogP contribution in [0.1, 0.15) is 33.6 Å². The second-order valence-electron chi connectivity index (χ2n) is 3.95. The van der Waals surface area contributed by atoms with Gasteiger partial charge in [0.25, 0.3) is 0 Å². The normalized spacial score (nSPS) is 22.3. The summed E-state index contributed by atoms with van der Waals surface area (Å²) in [6, 6.07) is 0. The molecule has 0 heterocycles. The lowest BCUT2D eigenvalue weighted by Crippen LogP contribution is -2.22. The van der Waals surface area contributed by atoms with Gasteiger partial charge in [-0.1, -0.05) is 19.4 Å². The van der Waals surface area contributed by atoms with Crippen LogP contribution in [0.3, 0.4) is 0 Å². The number of carboxylic acids is 1. The Balaban J connectivity index is 2.53. The molecule has 1 saturated carbocycles. The molecular formula is C10H16O2. The van der Waals surface area contributed by atoms with E-state index in [9.17, 15) is 4.79 Å². The Morgan fingerprint density at radius 1 is 1.50 bits per heavy atom. The largest absolute Gasteiger partial charge is 0.478 e. The first-order valence-corrected chi connectivity index (χ1v) is 4.44. The van der Waals surface area contributed by atoms with Gasteiger partial charge in [-0.05, 0) is 31.6 Å². The van der Waals surface area contributed by atoms with E-state index in [4.69, 9.17) is 5.11 Å². The minimum Gasteiger partial charge on any atom is -0.478 e. The molecule has 1 fully saturated rings. The fourth-order valence-corrected chi connectivity index (χ4v) is 1.50. The minimum atomic E-state index is -0.757. The minimum absolute atomic E-state index is 0.562. The maximum atomic E-state index is 10.6. The molecule has 0 aromatic rings. The van der Waals surface area contributed by atoms with Crippen LogP contribution in [-0.2, 0) is 4.79 Å². The van der Waals surface area contributed by atoms with Crippen LogP contribution >= 0.6 is 0 Å². The third-order valence-corrected chi connectivity index (χ3v) is 2.81. The van der Waals surface area contributed by atoms with Crippen LogP contribution in [0.25, 0.3) is 0 Å². The summed E-state index contributed by atoms with van der Waals surface area (Å²) in [4.78, 5) is 10.6. The average Bonchev–Trinajstić information content (AvgIpc) is 1.82. The quantitative estimate of drug-likeness (QED) is 0.643. The first kappa shape index (κ1) is 9.30. The molecule has 1 N–H and O–H groups in total. The van der Waals surface area contributed by atoms with Crippen LogP contribution in [-0.4, -0.2) is 11.1 Å². The highest BCUT2D eigenvalue weighted by Gasteiger charge is 2.28. The van der Waals surface area contributed by atoms with Crippen molar-refractivity contribution in [3.8, 4) is 0 Å². The Bertz CT molecular complexity index is 218. The summed E-state index contributed by atoms with van der Waals surface area (Å²) in [5.41, 5.74) is 1.70. The van der Waals surface area contributed by atoms with Gasteiger partial charge in [0.1, 0.15) is 0 Å². The standard InChI is InChI=1S/C10H16O2/c1-6(2)8-4-9(5-8)7(3)10(11)12/h6,8H,4-5H2,1-3H3,(H,11,12). The van der Waals surface area contributed by atoms with Crippen LogP contribution in [0, 0.1) is 11.8 Å². The van der Waals surface area contributed by atoms with E-state index in [0.717, 1.165) is 18.4 Å². The van der Waals surface area contributed by atoms with Crippen LogP contribution < -0.4 is 0 Å². The van der Waals surface area contributed by atoms with Gasteiger partial charge in [-0.15, -0.1) is 0 Å². The van der Waals surface area contributed by atoms with Crippen molar-refractivity contribution in [2.45, 2.75) is 33.6 Å². The van der Waals surface area contributed by atoms with Gasteiger partial charge < -0.3 is 5.11 Å². The molecule has 0 atom stereocenters. The zero-order valence-corrected chi connectivity index (χ0v) is 7.92. The molecule has 0 aromatic carbocycles. The Morgan fingerprint density at radius 3 is 2.33 bits per heavy atom. The zero-order chi connectivity index (χ0) is 9.30. The molecule has 0 aliphatic heterocycles. The Kier molecular flexibility index (Phi) is 2.55. The summed E-state index contributed by atoms with van der Waals surface area (Å²) in [5, 5.41) is 8.68. The third kappa shape index (κ3) is 1.68. The Labute approximate surface area is 73.3 Å². The van der Waals surface area contributed by atoms with Crippen molar-refractivity contribution in [2.75, 3.05) is 0 Å². The summed E-state index contributed by atoms with van der Waals surface area (Å²) in [6.07, 6.45) is 1.99. The highest BCUT2D eigenvalue weighted by Crippen LogP contribution is 2.39. The molecule has 0 saturated heterocycles. The molecule has 0 spiro atoms. The highest BCUT2D eigenvalue weighted by molar-refractivity contribution is 5.87. The number of hydrogen-bond donors (Lipinski definition) is 1. The van der Waals surface area contributed by atoms with E-state index in [1.807, 2.05) is 0 Å². The lowest BCUT2D eigenvalue weighted by molar-refractivity contribution is -0.132. The SMILES string of the molecule is CC(C(=O)O)=C1CC(C(C)C)C1. The number of carboxylic acid groups (broad SMARTS) is 1. The van der Waals surface area contributed by atoms with Gasteiger partial charge in [0.15, 0.2) is 0 Å². The van der Waals surface area contributed by atoms with Gasteiger partial charge in [0, 0.05) is 5.57 Å². The molecule has 1 rings (SSSR count). The summed E-state index contributed by atoms with van der Waals surface area (Å²) in [6.45, 7) is 6.09. The van der Waals surface area contributed by atoms with Crippen molar-refractivity contribution in [1.29, 1.82) is 0 Å². The number of hydrogen-bond acceptors (Lipinski definition) is 1. The summed E-state index contributed by atoms with van der Waals surface area (Å²) in [5.74, 6) is 0.650. The van der Waals surface area contributed by atoms with Crippen molar-refractivity contribution in [2.24, 2.45) is 11.8 Å². The van der Waals surface area contributed by atoms with Crippen molar-refractivity contribution >= 4 is 5.97 Å². The van der Waals surface area contributed by atoms with E-state index in [-0.39, 0.29) is 0 Å². The highest BCUT2D eigenvalue weighted by atomic mass is 16.4. The smallest absolute Gasteiger partial charge is 0.331 e. The first-order chi connectivity index (χ1) is 5.52. The molecule has 1 aliphatic carbocycles. The van der Waals surface area contributed by atoms with Crippen LogP contribution in [0.2, 0.25) is 0 Å². The molecule has 0 radical (unpaired) electrons. The first-order valence-electron chi connectivity index (χ1n) is 4.44. The molecule has 2 nitrogen and oxygen atoms in total. The number of aliphatic carboxylic acids is 1. The van der Waals surface area contributed by atoms with E-state index in [1.165, 1.54) is 0 Å². The Morgan fingerprint density at radius 2 is 2.00 bits per heavy atom. The zero-order valence-electron chi connectivity index (χ0n) is 7.92. The van der Waals surface area contributed by atoms with Gasteiger partial charge in [-0.2, -0.15) is 0 Å². The topological polar surface area (TPSA) is 37.3 Å². The molecule has 0 bridgehead atoms.